The highest BCUT2D eigenvalue weighted by Crippen LogP contribution is 2.07. The Morgan fingerprint density at radius 3 is 3.14 bits per heavy atom. The molecule has 0 aliphatic carbocycles. The number of nitrogens with zero attached hydrogens (tertiary/aromatic N) is 1. The maximum atomic E-state index is 5.74. The van der Waals surface area contributed by atoms with Crippen LogP contribution in [0.4, 0.5) is 0 Å². The number of aliphatic imine (C=N–C) groups is 1. The van der Waals surface area contributed by atoms with E-state index in [1.54, 1.807) is 0 Å². The molecule has 1 heterocycles. The van der Waals surface area contributed by atoms with Gasteiger partial charge in [-0.1, -0.05) is 6.92 Å². The van der Waals surface area contributed by atoms with Crippen molar-refractivity contribution in [3.8, 4) is 0 Å². The summed E-state index contributed by atoms with van der Waals surface area (Å²) in [5.74, 6) is 0.582. The number of hydrogen-bond donors (Lipinski definition) is 2. The smallest absolute Gasteiger partial charge is 0.188 e. The minimum absolute atomic E-state index is 0.443. The Labute approximate surface area is 85.9 Å². The van der Waals surface area contributed by atoms with E-state index in [9.17, 15) is 0 Å². The van der Waals surface area contributed by atoms with E-state index in [4.69, 9.17) is 10.5 Å². The molecule has 1 aliphatic heterocycles. The lowest BCUT2D eigenvalue weighted by Crippen LogP contribution is -2.40. The Kier molecular flexibility index (Phi) is 5.37. The monoisotopic (exact) mass is 199 g/mol. The van der Waals surface area contributed by atoms with Gasteiger partial charge in [-0.05, 0) is 25.7 Å². The van der Waals surface area contributed by atoms with E-state index in [1.807, 2.05) is 0 Å². The Morgan fingerprint density at radius 2 is 2.36 bits per heavy atom. The Bertz CT molecular complexity index is 174. The van der Waals surface area contributed by atoms with E-state index in [-0.39, 0.29) is 0 Å². The standard InChI is InChI=1S/C10H21N3O/c1-2-6-12-10(11)13-9-4-3-7-14-8-5-9/h9H,2-8H2,1H3,(H3,11,12,13). The molecule has 82 valence electrons. The summed E-state index contributed by atoms with van der Waals surface area (Å²) in [6.07, 6.45) is 4.31. The largest absolute Gasteiger partial charge is 0.381 e. The van der Waals surface area contributed by atoms with Crippen LogP contribution in [0.1, 0.15) is 32.6 Å². The summed E-state index contributed by atoms with van der Waals surface area (Å²) >= 11 is 0. The van der Waals surface area contributed by atoms with Crippen molar-refractivity contribution < 1.29 is 4.74 Å². The fourth-order valence-corrected chi connectivity index (χ4v) is 1.54. The molecule has 4 heteroatoms. The number of nitrogens with one attached hydrogen (secondary N) is 1. The highest BCUT2D eigenvalue weighted by molar-refractivity contribution is 5.78. The predicted octanol–water partition coefficient (Wildman–Crippen LogP) is 0.870. The lowest BCUT2D eigenvalue weighted by molar-refractivity contribution is 0.143. The molecular weight excluding hydrogens is 178 g/mol. The van der Waals surface area contributed by atoms with Crippen LogP contribution < -0.4 is 11.1 Å². The number of nitrogens with two attached hydrogens (primary N) is 1. The second-order valence-corrected chi connectivity index (χ2v) is 3.65. The molecule has 0 aromatic carbocycles. The van der Waals surface area contributed by atoms with E-state index in [0.29, 0.717) is 12.0 Å². The Morgan fingerprint density at radius 1 is 1.50 bits per heavy atom. The van der Waals surface area contributed by atoms with E-state index >= 15 is 0 Å². The summed E-state index contributed by atoms with van der Waals surface area (Å²) in [6, 6.07) is 0.443. The molecule has 1 unspecified atom stereocenters. The molecule has 1 rings (SSSR count). The second kappa shape index (κ2) is 6.65. The lowest BCUT2D eigenvalue weighted by atomic mass is 10.1. The van der Waals surface area contributed by atoms with Gasteiger partial charge in [0.25, 0.3) is 0 Å². The van der Waals surface area contributed by atoms with Crippen molar-refractivity contribution in [1.82, 2.24) is 5.32 Å². The van der Waals surface area contributed by atoms with E-state index < -0.39 is 0 Å². The fourth-order valence-electron chi connectivity index (χ4n) is 1.54. The average molecular weight is 199 g/mol. The van der Waals surface area contributed by atoms with Crippen molar-refractivity contribution in [3.63, 3.8) is 0 Å². The molecule has 0 aromatic rings. The van der Waals surface area contributed by atoms with Crippen LogP contribution in [0.3, 0.4) is 0 Å². The summed E-state index contributed by atoms with van der Waals surface area (Å²) in [6.45, 7) is 4.61. The van der Waals surface area contributed by atoms with Crippen LogP contribution in [0.5, 0.6) is 0 Å². The third-order valence-electron chi connectivity index (χ3n) is 2.31. The number of guanidine groups is 1. The van der Waals surface area contributed by atoms with Crippen LogP contribution in [-0.2, 0) is 4.74 Å². The molecule has 0 spiro atoms. The second-order valence-electron chi connectivity index (χ2n) is 3.65. The summed E-state index contributed by atoms with van der Waals surface area (Å²) in [5, 5.41) is 3.24. The van der Waals surface area contributed by atoms with Crippen molar-refractivity contribution in [3.05, 3.63) is 0 Å². The highest BCUT2D eigenvalue weighted by atomic mass is 16.5. The van der Waals surface area contributed by atoms with Gasteiger partial charge in [-0.25, -0.2) is 0 Å². The van der Waals surface area contributed by atoms with Crippen LogP contribution in [0.15, 0.2) is 4.99 Å². The summed E-state index contributed by atoms with van der Waals surface area (Å²) < 4.78 is 5.37. The molecule has 14 heavy (non-hydrogen) atoms. The minimum atomic E-state index is 0.443. The van der Waals surface area contributed by atoms with Crippen molar-refractivity contribution in [2.45, 2.75) is 38.6 Å². The van der Waals surface area contributed by atoms with Crippen molar-refractivity contribution in [2.75, 3.05) is 19.8 Å². The molecule has 0 amide bonds. The van der Waals surface area contributed by atoms with E-state index in [2.05, 4.69) is 17.2 Å². The zero-order chi connectivity index (χ0) is 10.2. The maximum Gasteiger partial charge on any atom is 0.188 e. The third kappa shape index (κ3) is 4.46. The molecule has 3 N–H and O–H groups in total. The minimum Gasteiger partial charge on any atom is -0.381 e. The molecule has 1 saturated heterocycles. The molecule has 0 saturated carbocycles. The molecular formula is C10H21N3O. The van der Waals surface area contributed by atoms with Gasteiger partial charge in [-0.3, -0.25) is 4.99 Å². The normalized spacial score (nSPS) is 24.4. The lowest BCUT2D eigenvalue weighted by Gasteiger charge is -2.15. The van der Waals surface area contributed by atoms with Crippen LogP contribution in [-0.4, -0.2) is 31.8 Å². The number of hydrogen-bond acceptors (Lipinski definition) is 2. The molecule has 0 radical (unpaired) electrons. The predicted molar refractivity (Wildman–Crippen MR) is 58.4 cm³/mol. The van der Waals surface area contributed by atoms with Gasteiger partial charge in [-0.15, -0.1) is 0 Å². The fraction of sp³-hybridized carbons (Fsp3) is 0.900. The SMILES string of the molecule is CCCN=C(N)NC1CCCOCC1. The molecule has 4 nitrogen and oxygen atoms in total. The molecule has 0 aromatic heterocycles. The summed E-state index contributed by atoms with van der Waals surface area (Å²) in [4.78, 5) is 4.21. The first-order chi connectivity index (χ1) is 6.83. The first-order valence-electron chi connectivity index (χ1n) is 5.47. The Hall–Kier alpha value is -0.770. The first-order valence-corrected chi connectivity index (χ1v) is 5.47. The third-order valence-corrected chi connectivity index (χ3v) is 2.31. The van der Waals surface area contributed by atoms with Crippen LogP contribution in [0.25, 0.3) is 0 Å². The quantitative estimate of drug-likeness (QED) is 0.524. The van der Waals surface area contributed by atoms with Gasteiger partial charge < -0.3 is 15.8 Å². The van der Waals surface area contributed by atoms with Crippen molar-refractivity contribution in [1.29, 1.82) is 0 Å². The summed E-state index contributed by atoms with van der Waals surface area (Å²) in [5.41, 5.74) is 5.74. The average Bonchev–Trinajstić information content (AvgIpc) is 2.43. The van der Waals surface area contributed by atoms with Gasteiger partial charge in [0.1, 0.15) is 0 Å². The van der Waals surface area contributed by atoms with Gasteiger partial charge in [0.05, 0.1) is 0 Å². The molecule has 1 aliphatic rings. The van der Waals surface area contributed by atoms with Crippen LogP contribution >= 0.6 is 0 Å². The van der Waals surface area contributed by atoms with Crippen LogP contribution in [0, 0.1) is 0 Å². The number of rotatable bonds is 3. The van der Waals surface area contributed by atoms with Crippen LogP contribution in [0.2, 0.25) is 0 Å². The maximum absolute atomic E-state index is 5.74. The Balaban J connectivity index is 2.26. The van der Waals surface area contributed by atoms with Gasteiger partial charge >= 0.3 is 0 Å². The first kappa shape index (κ1) is 11.3. The number of ether oxygens (including phenoxy) is 1. The zero-order valence-corrected chi connectivity index (χ0v) is 8.96. The topological polar surface area (TPSA) is 59.6 Å². The van der Waals surface area contributed by atoms with Crippen molar-refractivity contribution in [2.24, 2.45) is 10.7 Å². The zero-order valence-electron chi connectivity index (χ0n) is 8.96. The molecule has 1 fully saturated rings. The molecule has 1 atom stereocenters. The summed E-state index contributed by atoms with van der Waals surface area (Å²) in [7, 11) is 0. The van der Waals surface area contributed by atoms with Crippen molar-refractivity contribution >= 4 is 5.96 Å². The van der Waals surface area contributed by atoms with Gasteiger partial charge in [-0.2, -0.15) is 0 Å². The van der Waals surface area contributed by atoms with Gasteiger partial charge in [0.15, 0.2) is 5.96 Å². The van der Waals surface area contributed by atoms with E-state index in [0.717, 1.165) is 45.4 Å². The van der Waals surface area contributed by atoms with Gasteiger partial charge in [0.2, 0.25) is 0 Å². The highest BCUT2D eigenvalue weighted by Gasteiger charge is 2.12. The van der Waals surface area contributed by atoms with E-state index in [1.165, 1.54) is 0 Å². The molecule has 0 bridgehead atoms. The van der Waals surface area contributed by atoms with Gasteiger partial charge in [0, 0.05) is 25.8 Å².